The first-order valence-electron chi connectivity index (χ1n) is 6.11. The van der Waals surface area contributed by atoms with E-state index in [0.29, 0.717) is 13.0 Å². The average molecular weight is 248 g/mol. The van der Waals surface area contributed by atoms with Crippen molar-refractivity contribution in [3.63, 3.8) is 0 Å². The molecule has 0 heterocycles. The number of carbonyl (C=O) groups is 2. The van der Waals surface area contributed by atoms with Crippen LogP contribution < -0.4 is 5.32 Å². The molecule has 2 amide bonds. The zero-order valence-corrected chi connectivity index (χ0v) is 11.1. The number of hydrogen-bond donors (Lipinski definition) is 1. The summed E-state index contributed by atoms with van der Waals surface area (Å²) in [4.78, 5) is 24.7. The Morgan fingerprint density at radius 2 is 1.89 bits per heavy atom. The molecule has 1 aromatic carbocycles. The summed E-state index contributed by atoms with van der Waals surface area (Å²) in [6.07, 6.45) is 0.608. The number of rotatable bonds is 5. The zero-order valence-electron chi connectivity index (χ0n) is 11.1. The number of nitrogens with one attached hydrogen (secondary N) is 1. The van der Waals surface area contributed by atoms with E-state index in [2.05, 4.69) is 5.32 Å². The third kappa shape index (κ3) is 3.87. The van der Waals surface area contributed by atoms with Crippen molar-refractivity contribution in [2.45, 2.75) is 32.9 Å². The highest BCUT2D eigenvalue weighted by Crippen LogP contribution is 2.04. The lowest BCUT2D eigenvalue weighted by Crippen LogP contribution is -2.46. The number of nitrogens with zero attached hydrogens (tertiary/aromatic N) is 1. The van der Waals surface area contributed by atoms with E-state index < -0.39 is 6.04 Å². The first-order valence-corrected chi connectivity index (χ1v) is 6.11. The quantitative estimate of drug-likeness (QED) is 0.859. The minimum atomic E-state index is -0.397. The molecule has 1 N–H and O–H groups in total. The van der Waals surface area contributed by atoms with Crippen LogP contribution in [-0.2, 0) is 16.1 Å². The van der Waals surface area contributed by atoms with E-state index in [0.717, 1.165) is 5.56 Å². The number of hydrogen-bond acceptors (Lipinski definition) is 2. The summed E-state index contributed by atoms with van der Waals surface area (Å²) in [7, 11) is 1.65. The van der Waals surface area contributed by atoms with E-state index in [9.17, 15) is 9.59 Å². The van der Waals surface area contributed by atoms with Crippen molar-refractivity contribution in [2.75, 3.05) is 7.05 Å². The lowest BCUT2D eigenvalue weighted by Gasteiger charge is -2.25. The van der Waals surface area contributed by atoms with E-state index in [1.165, 1.54) is 11.8 Å². The number of carbonyl (C=O) groups excluding carboxylic acids is 2. The van der Waals surface area contributed by atoms with Gasteiger partial charge in [0.25, 0.3) is 0 Å². The maximum Gasteiger partial charge on any atom is 0.243 e. The Bertz CT molecular complexity index is 404. The van der Waals surface area contributed by atoms with Crippen molar-refractivity contribution in [3.8, 4) is 0 Å². The fourth-order valence-electron chi connectivity index (χ4n) is 1.76. The molecule has 0 aliphatic carbocycles. The van der Waals surface area contributed by atoms with Crippen molar-refractivity contribution in [1.29, 1.82) is 0 Å². The molecule has 0 aliphatic rings. The van der Waals surface area contributed by atoms with Gasteiger partial charge in [0.1, 0.15) is 6.04 Å². The SMILES string of the molecule is CC[C@@H](C(=O)NCc1ccccc1)N(C)C(C)=O. The van der Waals surface area contributed by atoms with Gasteiger partial charge in [0.2, 0.25) is 11.8 Å². The van der Waals surface area contributed by atoms with Crippen LogP contribution in [0.15, 0.2) is 30.3 Å². The number of benzene rings is 1. The van der Waals surface area contributed by atoms with Crippen molar-refractivity contribution >= 4 is 11.8 Å². The Hall–Kier alpha value is -1.84. The van der Waals surface area contributed by atoms with Gasteiger partial charge in [-0.25, -0.2) is 0 Å². The van der Waals surface area contributed by atoms with Crippen LogP contribution in [0, 0.1) is 0 Å². The molecule has 1 rings (SSSR count). The summed E-state index contributed by atoms with van der Waals surface area (Å²) in [5.74, 6) is -0.212. The molecular weight excluding hydrogens is 228 g/mol. The van der Waals surface area contributed by atoms with Gasteiger partial charge >= 0.3 is 0 Å². The molecule has 0 saturated carbocycles. The molecule has 0 spiro atoms. The fourth-order valence-corrected chi connectivity index (χ4v) is 1.76. The van der Waals surface area contributed by atoms with Gasteiger partial charge in [-0.05, 0) is 12.0 Å². The smallest absolute Gasteiger partial charge is 0.243 e. The standard InChI is InChI=1S/C14H20N2O2/c1-4-13(16(3)11(2)17)14(18)15-10-12-8-6-5-7-9-12/h5-9,13H,4,10H2,1-3H3,(H,15,18)/t13-/m0/s1. The van der Waals surface area contributed by atoms with Crippen LogP contribution in [0.25, 0.3) is 0 Å². The number of amides is 2. The third-order valence-electron chi connectivity index (χ3n) is 2.96. The molecule has 4 nitrogen and oxygen atoms in total. The predicted octanol–water partition coefficient (Wildman–Crippen LogP) is 1.56. The Kier molecular flexibility index (Phi) is 5.36. The highest BCUT2D eigenvalue weighted by Gasteiger charge is 2.22. The molecule has 0 aliphatic heterocycles. The second-order valence-corrected chi connectivity index (χ2v) is 4.26. The first kappa shape index (κ1) is 14.2. The molecule has 1 atom stereocenters. The van der Waals surface area contributed by atoms with Gasteiger partial charge in [-0.3, -0.25) is 9.59 Å². The normalized spacial score (nSPS) is 11.7. The highest BCUT2D eigenvalue weighted by molar-refractivity contribution is 5.86. The topological polar surface area (TPSA) is 49.4 Å². The van der Waals surface area contributed by atoms with Gasteiger partial charge in [0.05, 0.1) is 0 Å². The Morgan fingerprint density at radius 3 is 2.39 bits per heavy atom. The van der Waals surface area contributed by atoms with Gasteiger partial charge in [-0.2, -0.15) is 0 Å². The Morgan fingerprint density at radius 1 is 1.28 bits per heavy atom. The van der Waals surface area contributed by atoms with Crippen LogP contribution in [-0.4, -0.2) is 29.8 Å². The van der Waals surface area contributed by atoms with Crippen LogP contribution in [0.1, 0.15) is 25.8 Å². The highest BCUT2D eigenvalue weighted by atomic mass is 16.2. The van der Waals surface area contributed by atoms with Gasteiger partial charge in [0, 0.05) is 20.5 Å². The molecule has 4 heteroatoms. The molecule has 0 saturated heterocycles. The molecular formula is C14H20N2O2. The van der Waals surface area contributed by atoms with Crippen molar-refractivity contribution in [3.05, 3.63) is 35.9 Å². The summed E-state index contributed by atoms with van der Waals surface area (Å²) in [6, 6.07) is 9.31. The van der Waals surface area contributed by atoms with Gasteiger partial charge in [0.15, 0.2) is 0 Å². The number of likely N-dealkylation sites (N-methyl/N-ethyl adjacent to an activating group) is 1. The van der Waals surface area contributed by atoms with Gasteiger partial charge < -0.3 is 10.2 Å². The largest absolute Gasteiger partial charge is 0.350 e. The summed E-state index contributed by atoms with van der Waals surface area (Å²) in [5, 5.41) is 2.85. The lowest BCUT2D eigenvalue weighted by molar-refractivity contribution is -0.137. The molecule has 0 radical (unpaired) electrons. The monoisotopic (exact) mass is 248 g/mol. The molecule has 18 heavy (non-hydrogen) atoms. The molecule has 0 bridgehead atoms. The van der Waals surface area contributed by atoms with E-state index in [-0.39, 0.29) is 11.8 Å². The Balaban J connectivity index is 2.56. The third-order valence-corrected chi connectivity index (χ3v) is 2.96. The average Bonchev–Trinajstić information content (AvgIpc) is 2.38. The second-order valence-electron chi connectivity index (χ2n) is 4.26. The van der Waals surface area contributed by atoms with Crippen LogP contribution in [0.3, 0.4) is 0 Å². The van der Waals surface area contributed by atoms with Crippen LogP contribution in [0.2, 0.25) is 0 Å². The van der Waals surface area contributed by atoms with E-state index in [4.69, 9.17) is 0 Å². The minimum Gasteiger partial charge on any atom is -0.350 e. The van der Waals surface area contributed by atoms with E-state index in [1.807, 2.05) is 37.3 Å². The van der Waals surface area contributed by atoms with Gasteiger partial charge in [-0.15, -0.1) is 0 Å². The summed E-state index contributed by atoms with van der Waals surface area (Å²) in [5.41, 5.74) is 1.05. The molecule has 0 aromatic heterocycles. The van der Waals surface area contributed by atoms with Crippen molar-refractivity contribution < 1.29 is 9.59 Å². The van der Waals surface area contributed by atoms with Crippen LogP contribution in [0.5, 0.6) is 0 Å². The van der Waals surface area contributed by atoms with Gasteiger partial charge in [-0.1, -0.05) is 37.3 Å². The zero-order chi connectivity index (χ0) is 13.5. The van der Waals surface area contributed by atoms with Crippen molar-refractivity contribution in [2.24, 2.45) is 0 Å². The van der Waals surface area contributed by atoms with E-state index in [1.54, 1.807) is 7.05 Å². The lowest BCUT2D eigenvalue weighted by atomic mass is 10.1. The summed E-state index contributed by atoms with van der Waals surface area (Å²) in [6.45, 7) is 3.85. The molecule has 98 valence electrons. The van der Waals surface area contributed by atoms with E-state index >= 15 is 0 Å². The van der Waals surface area contributed by atoms with Crippen LogP contribution in [0.4, 0.5) is 0 Å². The summed E-state index contributed by atoms with van der Waals surface area (Å²) < 4.78 is 0. The minimum absolute atomic E-state index is 0.100. The van der Waals surface area contributed by atoms with Crippen molar-refractivity contribution in [1.82, 2.24) is 10.2 Å². The maximum absolute atomic E-state index is 12.0. The first-order chi connectivity index (χ1) is 8.56. The Labute approximate surface area is 108 Å². The molecule has 0 unspecified atom stereocenters. The second kappa shape index (κ2) is 6.79. The maximum atomic E-state index is 12.0. The molecule has 1 aromatic rings. The summed E-state index contributed by atoms with van der Waals surface area (Å²) >= 11 is 0. The van der Waals surface area contributed by atoms with Crippen LogP contribution >= 0.6 is 0 Å². The molecule has 0 fully saturated rings. The fraction of sp³-hybridized carbons (Fsp3) is 0.429. The predicted molar refractivity (Wildman–Crippen MR) is 70.8 cm³/mol.